The maximum Gasteiger partial charge on any atom is 0.254 e. The molecule has 3 aromatic rings. The summed E-state index contributed by atoms with van der Waals surface area (Å²) >= 11 is 12.3. The quantitative estimate of drug-likeness (QED) is 0.404. The normalized spacial score (nSPS) is 17.1. The van der Waals surface area contributed by atoms with Crippen LogP contribution in [0.5, 0.6) is 0 Å². The highest BCUT2D eigenvalue weighted by Gasteiger charge is 2.28. The topological polar surface area (TPSA) is 70.5 Å². The van der Waals surface area contributed by atoms with Crippen LogP contribution in [0.25, 0.3) is 0 Å². The van der Waals surface area contributed by atoms with E-state index in [1.165, 1.54) is 41.3 Å². The number of rotatable bonds is 8. The molecule has 1 amide bonds. The van der Waals surface area contributed by atoms with E-state index < -0.39 is 0 Å². The van der Waals surface area contributed by atoms with Crippen LogP contribution in [0.1, 0.15) is 64.5 Å². The number of benzene rings is 1. The van der Waals surface area contributed by atoms with Crippen LogP contribution in [0, 0.1) is 0 Å². The maximum atomic E-state index is 12.7. The Hall–Kier alpha value is -2.80. The van der Waals surface area contributed by atoms with Crippen LogP contribution in [0.15, 0.2) is 60.0 Å². The van der Waals surface area contributed by atoms with Gasteiger partial charge in [0.1, 0.15) is 0 Å². The Kier molecular flexibility index (Phi) is 7.95. The van der Waals surface area contributed by atoms with Crippen molar-refractivity contribution in [3.05, 3.63) is 93.0 Å². The van der Waals surface area contributed by atoms with Gasteiger partial charge in [-0.25, -0.2) is 0 Å². The van der Waals surface area contributed by atoms with Crippen LogP contribution in [0.3, 0.4) is 0 Å². The third kappa shape index (κ3) is 5.77. The van der Waals surface area contributed by atoms with E-state index in [0.717, 1.165) is 50.9 Å². The minimum atomic E-state index is -0.316. The summed E-state index contributed by atoms with van der Waals surface area (Å²) < 4.78 is 0. The Labute approximate surface area is 221 Å². The summed E-state index contributed by atoms with van der Waals surface area (Å²) in [7, 11) is 0. The number of aryl methyl sites for hydroxylation is 1. The van der Waals surface area contributed by atoms with Crippen molar-refractivity contribution in [3.63, 3.8) is 0 Å². The van der Waals surface area contributed by atoms with Gasteiger partial charge in [0, 0.05) is 50.5 Å². The Morgan fingerprint density at radius 3 is 2.67 bits per heavy atom. The fourth-order valence-corrected chi connectivity index (χ4v) is 5.69. The van der Waals surface area contributed by atoms with Crippen molar-refractivity contribution in [2.75, 3.05) is 13.1 Å². The van der Waals surface area contributed by atoms with Crippen LogP contribution in [0.4, 0.5) is 0 Å². The van der Waals surface area contributed by atoms with Gasteiger partial charge in [-0.1, -0.05) is 53.5 Å². The van der Waals surface area contributed by atoms with Crippen molar-refractivity contribution in [2.24, 2.45) is 4.99 Å². The van der Waals surface area contributed by atoms with Crippen LogP contribution < -0.4 is 5.32 Å². The highest BCUT2D eigenvalue weighted by atomic mass is 35.5. The average Bonchev–Trinajstić information content (AvgIpc) is 3.40. The number of fused-ring (bicyclic) bond motifs is 1. The number of halogens is 2. The molecular weight excluding hydrogens is 493 g/mol. The predicted octanol–water partition coefficient (Wildman–Crippen LogP) is 5.83. The Morgan fingerprint density at radius 1 is 1.03 bits per heavy atom. The number of nitrogens with zero attached hydrogens (tertiary/aromatic N) is 4. The first-order valence-electron chi connectivity index (χ1n) is 12.4. The van der Waals surface area contributed by atoms with E-state index in [1.54, 1.807) is 0 Å². The number of amides is 1. The van der Waals surface area contributed by atoms with E-state index in [2.05, 4.69) is 33.4 Å². The SMILES string of the molecule is O=C(NCc1cccc(CN(CC2=NCCC2)C2CCCc3cccnc32)c1)c1c(Cl)cncc1Cl. The highest BCUT2D eigenvalue weighted by molar-refractivity contribution is 6.39. The van der Waals surface area contributed by atoms with E-state index in [0.29, 0.717) is 6.54 Å². The number of carbonyl (C=O) groups is 1. The molecule has 2 aliphatic rings. The zero-order chi connectivity index (χ0) is 24.9. The van der Waals surface area contributed by atoms with Crippen LogP contribution in [-0.4, -0.2) is 39.6 Å². The monoisotopic (exact) mass is 521 g/mol. The van der Waals surface area contributed by atoms with Gasteiger partial charge in [-0.2, -0.15) is 0 Å². The van der Waals surface area contributed by atoms with Crippen LogP contribution >= 0.6 is 23.2 Å². The molecule has 1 N–H and O–H groups in total. The van der Waals surface area contributed by atoms with Crippen molar-refractivity contribution >= 4 is 34.8 Å². The zero-order valence-corrected chi connectivity index (χ0v) is 21.6. The van der Waals surface area contributed by atoms with Gasteiger partial charge in [0.15, 0.2) is 0 Å². The van der Waals surface area contributed by atoms with Crippen molar-refractivity contribution in [1.82, 2.24) is 20.2 Å². The molecule has 1 aromatic carbocycles. The van der Waals surface area contributed by atoms with Crippen molar-refractivity contribution < 1.29 is 4.79 Å². The first-order chi connectivity index (χ1) is 17.6. The Balaban J connectivity index is 1.32. The molecule has 1 unspecified atom stereocenters. The lowest BCUT2D eigenvalue weighted by Crippen LogP contribution is -2.35. The second-order valence-electron chi connectivity index (χ2n) is 9.39. The number of hydrogen-bond acceptors (Lipinski definition) is 5. The van der Waals surface area contributed by atoms with E-state index in [9.17, 15) is 4.79 Å². The van der Waals surface area contributed by atoms with Crippen molar-refractivity contribution in [3.8, 4) is 0 Å². The molecule has 36 heavy (non-hydrogen) atoms. The summed E-state index contributed by atoms with van der Waals surface area (Å²) in [4.78, 5) is 28.7. The third-order valence-corrected chi connectivity index (χ3v) is 7.43. The molecule has 1 atom stereocenters. The number of pyridine rings is 2. The second kappa shape index (κ2) is 11.5. The average molecular weight is 522 g/mol. The van der Waals surface area contributed by atoms with Gasteiger partial charge in [0.25, 0.3) is 5.91 Å². The summed E-state index contributed by atoms with van der Waals surface area (Å²) in [5.74, 6) is -0.316. The molecule has 1 aliphatic carbocycles. The molecular formula is C28H29Cl2N5O. The second-order valence-corrected chi connectivity index (χ2v) is 10.2. The first-order valence-corrected chi connectivity index (χ1v) is 13.2. The lowest BCUT2D eigenvalue weighted by atomic mass is 9.90. The van der Waals surface area contributed by atoms with Gasteiger partial charge in [0.2, 0.25) is 0 Å². The number of aromatic nitrogens is 2. The lowest BCUT2D eigenvalue weighted by molar-refractivity contribution is 0.0951. The molecule has 0 bridgehead atoms. The number of aliphatic imine (C=N–C) groups is 1. The molecule has 2 aromatic heterocycles. The Morgan fingerprint density at radius 2 is 1.86 bits per heavy atom. The fraction of sp³-hybridized carbons (Fsp3) is 0.357. The fourth-order valence-electron chi connectivity index (χ4n) is 5.15. The highest BCUT2D eigenvalue weighted by Crippen LogP contribution is 2.34. The largest absolute Gasteiger partial charge is 0.348 e. The minimum Gasteiger partial charge on any atom is -0.348 e. The zero-order valence-electron chi connectivity index (χ0n) is 20.1. The molecule has 6 nitrogen and oxygen atoms in total. The van der Waals surface area contributed by atoms with E-state index in [4.69, 9.17) is 33.2 Å². The molecule has 0 saturated carbocycles. The van der Waals surface area contributed by atoms with Crippen LogP contribution in [-0.2, 0) is 19.5 Å². The third-order valence-electron chi connectivity index (χ3n) is 6.86. The van der Waals surface area contributed by atoms with Gasteiger partial charge < -0.3 is 5.32 Å². The van der Waals surface area contributed by atoms with Gasteiger partial charge in [0.05, 0.1) is 27.3 Å². The molecule has 186 valence electrons. The molecule has 0 spiro atoms. The standard InChI is InChI=1S/C28H29Cl2N5O/c29-23-15-31-16-24(30)26(23)28(36)34-14-19-5-1-6-20(13-19)17-35(18-22-9-4-11-32-22)25-10-2-7-21-8-3-12-33-27(21)25/h1,3,5-6,8,12-13,15-16,25H,2,4,7,9-11,14,17-18H2,(H,34,36). The van der Waals surface area contributed by atoms with Gasteiger partial charge in [-0.3, -0.25) is 24.7 Å². The first kappa shape index (κ1) is 24.9. The number of carbonyl (C=O) groups excluding carboxylic acids is 1. The van der Waals surface area contributed by atoms with Crippen molar-refractivity contribution in [1.29, 1.82) is 0 Å². The molecule has 3 heterocycles. The molecule has 5 rings (SSSR count). The summed E-state index contributed by atoms with van der Waals surface area (Å²) in [6.07, 6.45) is 10.3. The Bertz CT molecular complexity index is 1260. The van der Waals surface area contributed by atoms with Gasteiger partial charge >= 0.3 is 0 Å². The molecule has 0 fully saturated rings. The predicted molar refractivity (Wildman–Crippen MR) is 144 cm³/mol. The van der Waals surface area contributed by atoms with Crippen LogP contribution in [0.2, 0.25) is 10.0 Å². The lowest BCUT2D eigenvalue weighted by Gasteiger charge is -2.35. The molecule has 8 heteroatoms. The minimum absolute atomic E-state index is 0.237. The smallest absolute Gasteiger partial charge is 0.254 e. The number of nitrogens with one attached hydrogen (secondary N) is 1. The van der Waals surface area contributed by atoms with Gasteiger partial charge in [-0.15, -0.1) is 0 Å². The molecule has 1 aliphatic heterocycles. The van der Waals surface area contributed by atoms with Gasteiger partial charge in [-0.05, 0) is 54.9 Å². The summed E-state index contributed by atoms with van der Waals surface area (Å²) in [5, 5.41) is 3.41. The summed E-state index contributed by atoms with van der Waals surface area (Å²) in [6.45, 7) is 2.97. The summed E-state index contributed by atoms with van der Waals surface area (Å²) in [6, 6.07) is 12.9. The van der Waals surface area contributed by atoms with E-state index >= 15 is 0 Å². The van der Waals surface area contributed by atoms with E-state index in [1.807, 2.05) is 24.4 Å². The summed E-state index contributed by atoms with van der Waals surface area (Å²) in [5.41, 5.74) is 6.31. The maximum absolute atomic E-state index is 12.7. The molecule has 0 saturated heterocycles. The molecule has 0 radical (unpaired) electrons. The van der Waals surface area contributed by atoms with Crippen molar-refractivity contribution in [2.45, 2.75) is 51.2 Å². The number of hydrogen-bond donors (Lipinski definition) is 1. The van der Waals surface area contributed by atoms with E-state index in [-0.39, 0.29) is 27.6 Å².